The highest BCUT2D eigenvalue weighted by molar-refractivity contribution is 5.89. The van der Waals surface area contributed by atoms with Crippen molar-refractivity contribution in [1.29, 1.82) is 0 Å². The average molecular weight is 369 g/mol. The molecule has 2 aromatic carbocycles. The topological polar surface area (TPSA) is 120 Å². The van der Waals surface area contributed by atoms with E-state index in [1.165, 1.54) is 26.5 Å². The van der Waals surface area contributed by atoms with E-state index in [-0.39, 0.29) is 40.2 Å². The Bertz CT molecular complexity index is 974. The number of phenolic OH excluding ortho intramolecular Hbond substituents is 2. The minimum Gasteiger partial charge on any atom is -0.507 e. The summed E-state index contributed by atoms with van der Waals surface area (Å²) in [5, 5.41) is 21.2. The van der Waals surface area contributed by atoms with Gasteiger partial charge < -0.3 is 30.2 Å². The summed E-state index contributed by atoms with van der Waals surface area (Å²) >= 11 is 0. The molecule has 1 aromatic heterocycles. The summed E-state index contributed by atoms with van der Waals surface area (Å²) in [6.45, 7) is 0. The molecule has 0 atom stereocenters. The number of aromatic nitrogens is 2. The number of ether oxygens (including phenoxy) is 3. The third-order valence-corrected chi connectivity index (χ3v) is 4.07. The fourth-order valence-corrected chi connectivity index (χ4v) is 2.76. The van der Waals surface area contributed by atoms with Crippen LogP contribution in [0.2, 0.25) is 0 Å². The summed E-state index contributed by atoms with van der Waals surface area (Å²) in [5.74, 6) is 0.386. The van der Waals surface area contributed by atoms with Gasteiger partial charge in [0.05, 0.1) is 32.6 Å². The van der Waals surface area contributed by atoms with Gasteiger partial charge >= 0.3 is 0 Å². The molecule has 8 heteroatoms. The Hall–Kier alpha value is -3.68. The van der Waals surface area contributed by atoms with E-state index in [9.17, 15) is 10.2 Å². The zero-order valence-corrected chi connectivity index (χ0v) is 15.1. The number of hydrogen-bond donors (Lipinski definition) is 3. The first kappa shape index (κ1) is 18.1. The van der Waals surface area contributed by atoms with Crippen molar-refractivity contribution in [3.05, 3.63) is 36.5 Å². The van der Waals surface area contributed by atoms with E-state index in [0.29, 0.717) is 11.3 Å². The van der Waals surface area contributed by atoms with Crippen LogP contribution in [0.15, 0.2) is 36.5 Å². The maximum Gasteiger partial charge on any atom is 0.220 e. The first-order valence-corrected chi connectivity index (χ1v) is 7.94. The van der Waals surface area contributed by atoms with Crippen LogP contribution in [0.25, 0.3) is 22.4 Å². The van der Waals surface area contributed by atoms with Crippen LogP contribution < -0.4 is 19.9 Å². The molecular formula is C19H19N3O5. The molecule has 8 nitrogen and oxygen atoms in total. The van der Waals surface area contributed by atoms with Crippen LogP contribution in [0.3, 0.4) is 0 Å². The number of nitrogens with zero attached hydrogens (tertiary/aromatic N) is 2. The van der Waals surface area contributed by atoms with Crippen LogP contribution in [-0.4, -0.2) is 41.5 Å². The minimum absolute atomic E-state index is 0.00385. The molecule has 0 aliphatic carbocycles. The Morgan fingerprint density at radius 2 is 1.67 bits per heavy atom. The highest BCUT2D eigenvalue weighted by Crippen LogP contribution is 2.50. The molecule has 0 saturated heterocycles. The van der Waals surface area contributed by atoms with Crippen LogP contribution in [0.4, 0.5) is 5.95 Å². The van der Waals surface area contributed by atoms with Gasteiger partial charge in [0.15, 0.2) is 11.5 Å². The molecule has 4 N–H and O–H groups in total. The molecule has 0 spiro atoms. The number of phenols is 2. The Morgan fingerprint density at radius 1 is 0.963 bits per heavy atom. The van der Waals surface area contributed by atoms with Crippen LogP contribution in [0, 0.1) is 0 Å². The van der Waals surface area contributed by atoms with Crippen LogP contribution >= 0.6 is 0 Å². The second-order valence-electron chi connectivity index (χ2n) is 5.57. The van der Waals surface area contributed by atoms with E-state index in [1.807, 2.05) is 12.1 Å². The molecular weight excluding hydrogens is 350 g/mol. The van der Waals surface area contributed by atoms with Crippen molar-refractivity contribution in [3.8, 4) is 51.1 Å². The van der Waals surface area contributed by atoms with Gasteiger partial charge in [-0.3, -0.25) is 0 Å². The van der Waals surface area contributed by atoms with Crippen molar-refractivity contribution in [2.45, 2.75) is 0 Å². The summed E-state index contributed by atoms with van der Waals surface area (Å²) in [4.78, 5) is 8.27. The monoisotopic (exact) mass is 369 g/mol. The fraction of sp³-hybridized carbons (Fsp3) is 0.158. The number of aromatic hydroxyl groups is 2. The molecule has 0 amide bonds. The average Bonchev–Trinajstić information content (AvgIpc) is 2.68. The second-order valence-corrected chi connectivity index (χ2v) is 5.57. The molecule has 1 heterocycles. The predicted molar refractivity (Wildman–Crippen MR) is 100 cm³/mol. The lowest BCUT2D eigenvalue weighted by Gasteiger charge is -2.16. The lowest BCUT2D eigenvalue weighted by molar-refractivity contribution is 0.330. The first-order chi connectivity index (χ1) is 13.0. The molecule has 3 rings (SSSR count). The van der Waals surface area contributed by atoms with Gasteiger partial charge in [-0.15, -0.1) is 0 Å². The lowest BCUT2D eigenvalue weighted by atomic mass is 9.98. The standard InChI is InChI=1S/C19H19N3O5/c1-25-11-6-4-10(5-7-11)12-9-21-19(20)22-16(12)15-13(23)8-14(26-2)18(27-3)17(15)24/h4-9,23-24H,1-3H3,(H2,20,21,22). The fourth-order valence-electron chi connectivity index (χ4n) is 2.76. The van der Waals surface area contributed by atoms with Crippen molar-refractivity contribution in [2.75, 3.05) is 27.1 Å². The smallest absolute Gasteiger partial charge is 0.220 e. The van der Waals surface area contributed by atoms with E-state index in [2.05, 4.69) is 9.97 Å². The van der Waals surface area contributed by atoms with Gasteiger partial charge in [-0.25, -0.2) is 9.97 Å². The van der Waals surface area contributed by atoms with E-state index < -0.39 is 0 Å². The Labute approximate surface area is 155 Å². The number of nitrogen functional groups attached to an aromatic ring is 1. The molecule has 0 saturated carbocycles. The van der Waals surface area contributed by atoms with E-state index in [0.717, 1.165) is 5.56 Å². The normalized spacial score (nSPS) is 10.5. The molecule has 140 valence electrons. The zero-order valence-electron chi connectivity index (χ0n) is 15.1. The third-order valence-electron chi connectivity index (χ3n) is 4.07. The number of anilines is 1. The molecule has 0 unspecified atom stereocenters. The molecule has 0 aliphatic heterocycles. The summed E-state index contributed by atoms with van der Waals surface area (Å²) in [6.07, 6.45) is 1.52. The largest absolute Gasteiger partial charge is 0.507 e. The highest BCUT2D eigenvalue weighted by atomic mass is 16.5. The number of benzene rings is 2. The summed E-state index contributed by atoms with van der Waals surface area (Å²) in [5.41, 5.74) is 7.38. The van der Waals surface area contributed by atoms with Crippen molar-refractivity contribution >= 4 is 5.95 Å². The van der Waals surface area contributed by atoms with E-state index in [4.69, 9.17) is 19.9 Å². The maximum atomic E-state index is 10.7. The molecule has 0 fully saturated rings. The number of rotatable bonds is 5. The van der Waals surface area contributed by atoms with Crippen LogP contribution in [-0.2, 0) is 0 Å². The van der Waals surface area contributed by atoms with Crippen molar-refractivity contribution in [2.24, 2.45) is 0 Å². The van der Waals surface area contributed by atoms with Gasteiger partial charge in [0.1, 0.15) is 11.5 Å². The van der Waals surface area contributed by atoms with Gasteiger partial charge in [0.25, 0.3) is 0 Å². The maximum absolute atomic E-state index is 10.7. The van der Waals surface area contributed by atoms with Crippen molar-refractivity contribution < 1.29 is 24.4 Å². The van der Waals surface area contributed by atoms with Gasteiger partial charge in [0.2, 0.25) is 11.7 Å². The molecule has 0 aliphatic rings. The Morgan fingerprint density at radius 3 is 2.26 bits per heavy atom. The van der Waals surface area contributed by atoms with Gasteiger partial charge in [0, 0.05) is 17.8 Å². The van der Waals surface area contributed by atoms with Crippen molar-refractivity contribution in [1.82, 2.24) is 9.97 Å². The van der Waals surface area contributed by atoms with Gasteiger partial charge in [-0.1, -0.05) is 12.1 Å². The van der Waals surface area contributed by atoms with Crippen LogP contribution in [0.5, 0.6) is 28.7 Å². The van der Waals surface area contributed by atoms with E-state index >= 15 is 0 Å². The minimum atomic E-state index is -0.317. The number of hydrogen-bond acceptors (Lipinski definition) is 8. The number of nitrogens with two attached hydrogens (primary N) is 1. The van der Waals surface area contributed by atoms with E-state index in [1.54, 1.807) is 19.2 Å². The van der Waals surface area contributed by atoms with Crippen molar-refractivity contribution in [3.63, 3.8) is 0 Å². The number of methoxy groups -OCH3 is 3. The Kier molecular flexibility index (Phi) is 4.89. The molecule has 0 bridgehead atoms. The highest BCUT2D eigenvalue weighted by Gasteiger charge is 2.24. The third kappa shape index (κ3) is 3.24. The van der Waals surface area contributed by atoms with Gasteiger partial charge in [-0.2, -0.15) is 0 Å². The quantitative estimate of drug-likeness (QED) is 0.628. The lowest BCUT2D eigenvalue weighted by Crippen LogP contribution is -2.00. The predicted octanol–water partition coefficient (Wildman–Crippen LogP) is 2.83. The van der Waals surface area contributed by atoms with Gasteiger partial charge in [-0.05, 0) is 17.7 Å². The van der Waals surface area contributed by atoms with Crippen LogP contribution in [0.1, 0.15) is 0 Å². The molecule has 3 aromatic rings. The molecule has 0 radical (unpaired) electrons. The molecule has 27 heavy (non-hydrogen) atoms. The first-order valence-electron chi connectivity index (χ1n) is 7.94. The Balaban J connectivity index is 2.27. The summed E-state index contributed by atoms with van der Waals surface area (Å²) in [6, 6.07) is 8.52. The SMILES string of the molecule is COc1ccc(-c2cnc(N)nc2-c2c(O)cc(OC)c(OC)c2O)cc1. The zero-order chi connectivity index (χ0) is 19.6. The summed E-state index contributed by atoms with van der Waals surface area (Å²) in [7, 11) is 4.37. The summed E-state index contributed by atoms with van der Waals surface area (Å²) < 4.78 is 15.5. The second kappa shape index (κ2) is 7.28.